The van der Waals surface area contributed by atoms with E-state index in [1.54, 1.807) is 0 Å². The first-order chi connectivity index (χ1) is 9.17. The molecule has 1 aromatic heterocycles. The first-order valence-electron chi connectivity index (χ1n) is 5.42. The van der Waals surface area contributed by atoms with Gasteiger partial charge in [-0.2, -0.15) is 13.2 Å². The third kappa shape index (κ3) is 2.11. The van der Waals surface area contributed by atoms with E-state index in [1.807, 2.05) is 0 Å². The lowest BCUT2D eigenvalue weighted by Gasteiger charge is -2.25. The molecule has 2 unspecified atom stereocenters. The number of hydrogen-bond donors (Lipinski definition) is 2. The van der Waals surface area contributed by atoms with E-state index < -0.39 is 29.8 Å². The molecule has 7 nitrogen and oxygen atoms in total. The number of aromatic nitrogens is 2. The number of amides is 1. The number of nitrogens with one attached hydrogen (secondary N) is 1. The molecule has 0 saturated carbocycles. The summed E-state index contributed by atoms with van der Waals surface area (Å²) in [5.74, 6) is -3.36. The third-order valence-corrected chi connectivity index (χ3v) is 2.97. The fourth-order valence-electron chi connectivity index (χ4n) is 1.96. The molecule has 0 aliphatic carbocycles. The van der Waals surface area contributed by atoms with Crippen molar-refractivity contribution < 1.29 is 32.6 Å². The minimum Gasteiger partial charge on any atom is -0.450 e. The summed E-state index contributed by atoms with van der Waals surface area (Å²) in [6, 6.07) is 0. The number of hydrogen-bond acceptors (Lipinski definition) is 5. The average molecular weight is 293 g/mol. The summed E-state index contributed by atoms with van der Waals surface area (Å²) >= 11 is 0. The van der Waals surface area contributed by atoms with Gasteiger partial charge >= 0.3 is 12.1 Å². The Morgan fingerprint density at radius 1 is 1.65 bits per heavy atom. The van der Waals surface area contributed by atoms with Gasteiger partial charge in [0.25, 0.3) is 5.91 Å². The number of imidazole rings is 1. The molecule has 1 saturated heterocycles. The summed E-state index contributed by atoms with van der Waals surface area (Å²) in [6.07, 6.45) is -4.68. The second kappa shape index (κ2) is 4.47. The maximum atomic E-state index is 12.2. The maximum Gasteiger partial charge on any atom is 0.490 e. The van der Waals surface area contributed by atoms with Crippen LogP contribution in [0, 0.1) is 0 Å². The van der Waals surface area contributed by atoms with Crippen LogP contribution in [-0.4, -0.2) is 57.7 Å². The van der Waals surface area contributed by atoms with Crippen molar-refractivity contribution in [3.05, 3.63) is 18.2 Å². The molecule has 20 heavy (non-hydrogen) atoms. The minimum absolute atomic E-state index is 0.146. The molecule has 1 fully saturated rings. The molecule has 2 atom stereocenters. The number of ether oxygens (including phenoxy) is 1. The number of carbonyl (C=O) groups excluding carboxylic acids is 2. The lowest BCUT2D eigenvalue weighted by Crippen LogP contribution is -2.46. The van der Waals surface area contributed by atoms with E-state index in [0.717, 1.165) is 17.4 Å². The van der Waals surface area contributed by atoms with E-state index in [2.05, 4.69) is 14.7 Å². The summed E-state index contributed by atoms with van der Waals surface area (Å²) in [5.41, 5.74) is -2.56. The normalized spacial score (nSPS) is 26.9. The molecule has 2 N–H and O–H groups in total. The van der Waals surface area contributed by atoms with Gasteiger partial charge in [-0.25, -0.2) is 9.78 Å². The smallest absolute Gasteiger partial charge is 0.450 e. The van der Waals surface area contributed by atoms with E-state index in [0.29, 0.717) is 0 Å². The van der Waals surface area contributed by atoms with Crippen LogP contribution in [0.15, 0.2) is 12.5 Å². The second-order valence-electron chi connectivity index (χ2n) is 4.31. The lowest BCUT2D eigenvalue weighted by molar-refractivity contribution is -0.212. The summed E-state index contributed by atoms with van der Waals surface area (Å²) in [7, 11) is 1.27. The van der Waals surface area contributed by atoms with Crippen molar-refractivity contribution in [3.63, 3.8) is 0 Å². The molecule has 110 valence electrons. The molecule has 2 heterocycles. The van der Waals surface area contributed by atoms with Gasteiger partial charge < -0.3 is 19.7 Å². The molecular weight excluding hydrogens is 283 g/mol. The van der Waals surface area contributed by atoms with E-state index >= 15 is 0 Å². The zero-order chi connectivity index (χ0) is 15.1. The molecule has 0 bridgehead atoms. The second-order valence-corrected chi connectivity index (χ2v) is 4.31. The summed E-state index contributed by atoms with van der Waals surface area (Å²) in [5, 5.41) is 10.4. The Balaban J connectivity index is 2.32. The zero-order valence-corrected chi connectivity index (χ0v) is 10.1. The quantitative estimate of drug-likeness (QED) is 0.720. The van der Waals surface area contributed by atoms with Gasteiger partial charge in [0.1, 0.15) is 0 Å². The molecule has 1 aliphatic heterocycles. The molecule has 0 radical (unpaired) electrons. The number of aromatic amines is 1. The molecule has 1 aliphatic rings. The van der Waals surface area contributed by atoms with Crippen LogP contribution < -0.4 is 0 Å². The van der Waals surface area contributed by atoms with Gasteiger partial charge in [-0.1, -0.05) is 0 Å². The minimum atomic E-state index is -5.21. The number of aliphatic hydroxyl groups is 1. The number of likely N-dealkylation sites (N-methyl/N-ethyl adjacent to an activating group) is 1. The predicted molar refractivity (Wildman–Crippen MR) is 56.1 cm³/mol. The number of alkyl halides is 3. The largest absolute Gasteiger partial charge is 0.490 e. The monoisotopic (exact) mass is 293 g/mol. The molecule has 1 amide bonds. The lowest BCUT2D eigenvalue weighted by atomic mass is 9.96. The first kappa shape index (κ1) is 14.3. The van der Waals surface area contributed by atoms with Gasteiger partial charge in [0.2, 0.25) is 5.60 Å². The zero-order valence-electron chi connectivity index (χ0n) is 10.1. The van der Waals surface area contributed by atoms with Gasteiger partial charge in [-0.3, -0.25) is 4.79 Å². The van der Waals surface area contributed by atoms with Crippen molar-refractivity contribution in [2.75, 3.05) is 13.6 Å². The van der Waals surface area contributed by atoms with Gasteiger partial charge in [-0.15, -0.1) is 0 Å². The van der Waals surface area contributed by atoms with Gasteiger partial charge in [0.15, 0.2) is 6.10 Å². The number of esters is 1. The Morgan fingerprint density at radius 3 is 2.80 bits per heavy atom. The topological polar surface area (TPSA) is 95.5 Å². The number of halogens is 3. The number of nitrogens with zero attached hydrogens (tertiary/aromatic N) is 2. The highest BCUT2D eigenvalue weighted by molar-refractivity contribution is 5.89. The number of H-pyrrole nitrogens is 1. The molecule has 2 rings (SSSR count). The maximum absolute atomic E-state index is 12.2. The van der Waals surface area contributed by atoms with Crippen molar-refractivity contribution in [1.29, 1.82) is 0 Å². The Hall–Kier alpha value is -2.10. The Bertz CT molecular complexity index is 530. The highest BCUT2D eigenvalue weighted by Gasteiger charge is 2.58. The Morgan fingerprint density at radius 2 is 2.30 bits per heavy atom. The molecule has 1 aromatic rings. The number of carbonyl (C=O) groups is 2. The van der Waals surface area contributed by atoms with E-state index in [9.17, 15) is 27.9 Å². The van der Waals surface area contributed by atoms with Crippen LogP contribution >= 0.6 is 0 Å². The van der Waals surface area contributed by atoms with Crippen LogP contribution in [-0.2, 0) is 19.9 Å². The van der Waals surface area contributed by atoms with Gasteiger partial charge in [-0.05, 0) is 0 Å². The van der Waals surface area contributed by atoms with E-state index in [-0.39, 0.29) is 12.2 Å². The molecule has 0 aromatic carbocycles. The highest BCUT2D eigenvalue weighted by Crippen LogP contribution is 2.34. The predicted octanol–water partition coefficient (Wildman–Crippen LogP) is -0.457. The summed E-state index contributed by atoms with van der Waals surface area (Å²) in [6.45, 7) is -0.365. The van der Waals surface area contributed by atoms with Gasteiger partial charge in [0, 0.05) is 7.05 Å². The Labute approximate surface area is 110 Å². The molecule has 10 heteroatoms. The van der Waals surface area contributed by atoms with Crippen molar-refractivity contribution in [1.82, 2.24) is 14.9 Å². The van der Waals surface area contributed by atoms with Crippen LogP contribution in [0.2, 0.25) is 0 Å². The van der Waals surface area contributed by atoms with Crippen molar-refractivity contribution in [3.8, 4) is 0 Å². The molecule has 0 spiro atoms. The van der Waals surface area contributed by atoms with E-state index in [1.165, 1.54) is 7.05 Å². The highest BCUT2D eigenvalue weighted by atomic mass is 19.4. The molecular formula is C10H10F3N3O4. The fraction of sp³-hybridized carbons (Fsp3) is 0.500. The number of rotatable bonds is 2. The third-order valence-electron chi connectivity index (χ3n) is 2.97. The summed E-state index contributed by atoms with van der Waals surface area (Å²) < 4.78 is 40.9. The van der Waals surface area contributed by atoms with Crippen molar-refractivity contribution in [2.24, 2.45) is 0 Å². The number of likely N-dealkylation sites (tertiary alicyclic amines) is 1. The Kier molecular flexibility index (Phi) is 3.20. The van der Waals surface area contributed by atoms with Crippen LogP contribution in [0.3, 0.4) is 0 Å². The summed E-state index contributed by atoms with van der Waals surface area (Å²) in [4.78, 5) is 29.8. The van der Waals surface area contributed by atoms with Crippen LogP contribution in [0.4, 0.5) is 13.2 Å². The first-order valence-corrected chi connectivity index (χ1v) is 5.42. The van der Waals surface area contributed by atoms with E-state index in [4.69, 9.17) is 0 Å². The average Bonchev–Trinajstić information content (AvgIpc) is 2.94. The van der Waals surface area contributed by atoms with Crippen LogP contribution in [0.1, 0.15) is 5.69 Å². The standard InChI is InChI=1S/C10H10F3N3O4/c1-16-3-6(20-8(18)10(11,12)13)9(19,7(16)17)5-2-14-4-15-5/h2,4,6,19H,3H2,1H3,(H,14,15). The fourth-order valence-corrected chi connectivity index (χ4v) is 1.96. The van der Waals surface area contributed by atoms with Crippen molar-refractivity contribution >= 4 is 11.9 Å². The van der Waals surface area contributed by atoms with Crippen LogP contribution in [0.5, 0.6) is 0 Å². The SMILES string of the molecule is CN1CC(OC(=O)C(F)(F)F)C(O)(c2cnc[nH]2)C1=O. The van der Waals surface area contributed by atoms with Crippen LogP contribution in [0.25, 0.3) is 0 Å². The van der Waals surface area contributed by atoms with Crippen molar-refractivity contribution in [2.45, 2.75) is 17.9 Å². The van der Waals surface area contributed by atoms with Gasteiger partial charge in [0.05, 0.1) is 24.8 Å².